The van der Waals surface area contributed by atoms with Crippen molar-refractivity contribution in [1.29, 1.82) is 5.26 Å². The Kier molecular flexibility index (Phi) is 2.12. The van der Waals surface area contributed by atoms with E-state index in [-0.39, 0.29) is 12.1 Å². The zero-order valence-electron chi connectivity index (χ0n) is 5.51. The molecule has 0 fully saturated rings. The van der Waals surface area contributed by atoms with Crippen molar-refractivity contribution in [2.75, 3.05) is 0 Å². The van der Waals surface area contributed by atoms with Crippen LogP contribution < -0.4 is 0 Å². The first-order chi connectivity index (χ1) is 5.24. The van der Waals surface area contributed by atoms with E-state index >= 15 is 0 Å². The second kappa shape index (κ2) is 3.06. The quantitative estimate of drug-likeness (QED) is 0.573. The zero-order chi connectivity index (χ0) is 8.27. The molecule has 1 aromatic rings. The maximum Gasteiger partial charge on any atom is 0.249 e. The maximum atomic E-state index is 12.3. The lowest BCUT2D eigenvalue weighted by atomic mass is 10.3. The molecule has 0 spiro atoms. The molecule has 0 saturated carbocycles. The van der Waals surface area contributed by atoms with Gasteiger partial charge in [0.15, 0.2) is 5.82 Å². The van der Waals surface area contributed by atoms with Crippen molar-refractivity contribution in [3.05, 3.63) is 29.6 Å². The first kappa shape index (κ1) is 7.61. The molecule has 1 aromatic heterocycles. The fraction of sp³-hybridized carbons (Fsp3) is 0.143. The fourth-order valence-electron chi connectivity index (χ4n) is 0.634. The molecular weight excluding hydrogens is 150 g/mol. The predicted octanol–water partition coefficient (Wildman–Crippen LogP) is 1.43. The fourth-order valence-corrected chi connectivity index (χ4v) is 0.634. The van der Waals surface area contributed by atoms with Crippen LogP contribution in [0.5, 0.6) is 0 Å². The standard InChI is InChI=1S/C7H4F2N2/c8-6-2-1-5(3-4-10)11-7(6)9/h1-2H,3H2. The van der Waals surface area contributed by atoms with Crippen LogP contribution in [0, 0.1) is 23.1 Å². The van der Waals surface area contributed by atoms with E-state index in [4.69, 9.17) is 5.26 Å². The van der Waals surface area contributed by atoms with Gasteiger partial charge >= 0.3 is 0 Å². The van der Waals surface area contributed by atoms with E-state index in [9.17, 15) is 8.78 Å². The zero-order valence-corrected chi connectivity index (χ0v) is 5.51. The Hall–Kier alpha value is -1.50. The highest BCUT2D eigenvalue weighted by molar-refractivity contribution is 5.10. The molecule has 56 valence electrons. The minimum atomic E-state index is -1.15. The first-order valence-electron chi connectivity index (χ1n) is 2.92. The maximum absolute atomic E-state index is 12.3. The summed E-state index contributed by atoms with van der Waals surface area (Å²) in [4.78, 5) is 3.20. The number of hydrogen-bond acceptors (Lipinski definition) is 2. The van der Waals surface area contributed by atoms with Gasteiger partial charge in [-0.2, -0.15) is 9.65 Å². The van der Waals surface area contributed by atoms with Crippen LogP contribution in [0.1, 0.15) is 5.69 Å². The van der Waals surface area contributed by atoms with Crippen LogP contribution in [0.15, 0.2) is 12.1 Å². The van der Waals surface area contributed by atoms with E-state index in [1.807, 2.05) is 0 Å². The molecule has 0 amide bonds. The molecule has 0 atom stereocenters. The van der Waals surface area contributed by atoms with E-state index in [1.165, 1.54) is 6.07 Å². The minimum Gasteiger partial charge on any atom is -0.221 e. The van der Waals surface area contributed by atoms with Crippen LogP contribution in [-0.2, 0) is 6.42 Å². The summed E-state index contributed by atoms with van der Waals surface area (Å²) in [6.07, 6.45) is -0.00278. The summed E-state index contributed by atoms with van der Waals surface area (Å²) in [5, 5.41) is 8.17. The predicted molar refractivity (Wildman–Crippen MR) is 33.5 cm³/mol. The molecule has 0 saturated heterocycles. The average Bonchev–Trinajstić information content (AvgIpc) is 1.98. The van der Waals surface area contributed by atoms with E-state index in [1.54, 1.807) is 6.07 Å². The van der Waals surface area contributed by atoms with Gasteiger partial charge in [-0.15, -0.1) is 0 Å². The molecule has 0 bridgehead atoms. The van der Waals surface area contributed by atoms with Crippen molar-refractivity contribution >= 4 is 0 Å². The van der Waals surface area contributed by atoms with Gasteiger partial charge in [0.1, 0.15) is 0 Å². The normalized spacial score (nSPS) is 9.18. The molecular formula is C7H4F2N2. The highest BCUT2D eigenvalue weighted by Gasteiger charge is 2.02. The summed E-state index contributed by atoms with van der Waals surface area (Å²) in [5.41, 5.74) is 0.242. The Balaban J connectivity index is 2.98. The molecule has 0 unspecified atom stereocenters. The molecule has 0 aromatic carbocycles. The molecule has 4 heteroatoms. The van der Waals surface area contributed by atoms with Crippen molar-refractivity contribution in [1.82, 2.24) is 4.98 Å². The minimum absolute atomic E-state index is 0.00278. The number of pyridine rings is 1. The number of aromatic nitrogens is 1. The third kappa shape index (κ3) is 1.71. The van der Waals surface area contributed by atoms with Crippen molar-refractivity contribution in [2.45, 2.75) is 6.42 Å². The van der Waals surface area contributed by atoms with Crippen LogP contribution in [0.25, 0.3) is 0 Å². The molecule has 1 heterocycles. The van der Waals surface area contributed by atoms with Gasteiger partial charge in [-0.3, -0.25) is 0 Å². The van der Waals surface area contributed by atoms with Gasteiger partial charge in [0.05, 0.1) is 18.2 Å². The third-order valence-electron chi connectivity index (χ3n) is 1.12. The lowest BCUT2D eigenvalue weighted by Crippen LogP contribution is -1.94. The third-order valence-corrected chi connectivity index (χ3v) is 1.12. The Morgan fingerprint density at radius 1 is 1.45 bits per heavy atom. The molecule has 2 nitrogen and oxygen atoms in total. The van der Waals surface area contributed by atoms with Gasteiger partial charge in [0.2, 0.25) is 5.95 Å². The number of nitrogens with zero attached hydrogens (tertiary/aromatic N) is 2. The topological polar surface area (TPSA) is 36.7 Å². The monoisotopic (exact) mass is 154 g/mol. The number of halogens is 2. The molecule has 0 radical (unpaired) electrons. The smallest absolute Gasteiger partial charge is 0.221 e. The lowest BCUT2D eigenvalue weighted by Gasteiger charge is -1.93. The summed E-state index contributed by atoms with van der Waals surface area (Å²) in [6, 6.07) is 4.01. The summed E-state index contributed by atoms with van der Waals surface area (Å²) < 4.78 is 24.5. The van der Waals surface area contributed by atoms with E-state index in [0.29, 0.717) is 0 Å². The molecule has 1 rings (SSSR count). The summed E-state index contributed by atoms with van der Waals surface area (Å²) in [7, 11) is 0. The van der Waals surface area contributed by atoms with Crippen molar-refractivity contribution in [2.24, 2.45) is 0 Å². The largest absolute Gasteiger partial charge is 0.249 e. The van der Waals surface area contributed by atoms with Crippen LogP contribution >= 0.6 is 0 Å². The van der Waals surface area contributed by atoms with Gasteiger partial charge < -0.3 is 0 Å². The van der Waals surface area contributed by atoms with Crippen LogP contribution in [-0.4, -0.2) is 4.98 Å². The molecule has 0 N–H and O–H groups in total. The summed E-state index contributed by atoms with van der Waals surface area (Å²) in [6.45, 7) is 0. The Labute approximate surface area is 62.1 Å². The van der Waals surface area contributed by atoms with Gasteiger partial charge in [-0.25, -0.2) is 9.37 Å². The van der Waals surface area contributed by atoms with E-state index < -0.39 is 11.8 Å². The Morgan fingerprint density at radius 2 is 2.18 bits per heavy atom. The Bertz CT molecular complexity index is 304. The molecule has 11 heavy (non-hydrogen) atoms. The van der Waals surface area contributed by atoms with Crippen LogP contribution in [0.4, 0.5) is 8.78 Å². The summed E-state index contributed by atoms with van der Waals surface area (Å²) >= 11 is 0. The van der Waals surface area contributed by atoms with Gasteiger partial charge in [0, 0.05) is 0 Å². The molecule has 0 aliphatic carbocycles. The number of nitriles is 1. The van der Waals surface area contributed by atoms with E-state index in [2.05, 4.69) is 4.98 Å². The van der Waals surface area contributed by atoms with Crippen molar-refractivity contribution in [3.63, 3.8) is 0 Å². The SMILES string of the molecule is N#CCc1ccc(F)c(F)n1. The van der Waals surface area contributed by atoms with Crippen molar-refractivity contribution < 1.29 is 8.78 Å². The van der Waals surface area contributed by atoms with Crippen LogP contribution in [0.3, 0.4) is 0 Å². The van der Waals surface area contributed by atoms with Crippen LogP contribution in [0.2, 0.25) is 0 Å². The highest BCUT2D eigenvalue weighted by Crippen LogP contribution is 2.03. The molecule has 0 aliphatic rings. The first-order valence-corrected chi connectivity index (χ1v) is 2.92. The number of rotatable bonds is 1. The lowest BCUT2D eigenvalue weighted by molar-refractivity contribution is 0.476. The van der Waals surface area contributed by atoms with Gasteiger partial charge in [0.25, 0.3) is 0 Å². The average molecular weight is 154 g/mol. The second-order valence-corrected chi connectivity index (χ2v) is 1.91. The van der Waals surface area contributed by atoms with Gasteiger partial charge in [-0.05, 0) is 12.1 Å². The van der Waals surface area contributed by atoms with E-state index in [0.717, 1.165) is 6.07 Å². The second-order valence-electron chi connectivity index (χ2n) is 1.91. The van der Waals surface area contributed by atoms with Crippen molar-refractivity contribution in [3.8, 4) is 6.07 Å². The Morgan fingerprint density at radius 3 is 2.73 bits per heavy atom. The number of hydrogen-bond donors (Lipinski definition) is 0. The highest BCUT2D eigenvalue weighted by atomic mass is 19.2. The molecule has 0 aliphatic heterocycles. The van der Waals surface area contributed by atoms with Gasteiger partial charge in [-0.1, -0.05) is 0 Å². The summed E-state index contributed by atoms with van der Waals surface area (Å²) in [5.74, 6) is -2.15.